The van der Waals surface area contributed by atoms with E-state index in [1.54, 1.807) is 42.5 Å². The van der Waals surface area contributed by atoms with Gasteiger partial charge in [-0.1, -0.05) is 59.6 Å². The number of hydrogen-bond donors (Lipinski definition) is 1. The SMILES string of the molecule is CCOc1ccc(N(CC(=O)N(Cc2c(Cl)cccc2Cl)C(Cc2ccccc2)C(=O)NC)S(C)(=O)=O)cc1. The molecule has 8 nitrogen and oxygen atoms in total. The lowest BCUT2D eigenvalue weighted by atomic mass is 10.0. The van der Waals surface area contributed by atoms with E-state index in [0.29, 0.717) is 28.0 Å². The zero-order valence-electron chi connectivity index (χ0n) is 21.9. The molecule has 0 heterocycles. The van der Waals surface area contributed by atoms with Crippen LogP contribution >= 0.6 is 23.2 Å². The van der Waals surface area contributed by atoms with Gasteiger partial charge in [-0.3, -0.25) is 13.9 Å². The molecule has 0 aliphatic rings. The minimum atomic E-state index is -3.88. The molecule has 3 rings (SSSR count). The van der Waals surface area contributed by atoms with Crippen molar-refractivity contribution in [1.82, 2.24) is 10.2 Å². The second-order valence-electron chi connectivity index (χ2n) is 8.74. The molecule has 39 heavy (non-hydrogen) atoms. The number of hydrogen-bond acceptors (Lipinski definition) is 5. The summed E-state index contributed by atoms with van der Waals surface area (Å²) >= 11 is 12.9. The first-order valence-corrected chi connectivity index (χ1v) is 14.8. The van der Waals surface area contributed by atoms with Crippen molar-refractivity contribution >= 4 is 50.7 Å². The highest BCUT2D eigenvalue weighted by Gasteiger charge is 2.33. The predicted molar refractivity (Wildman–Crippen MR) is 155 cm³/mol. The molecule has 1 N–H and O–H groups in total. The quantitative estimate of drug-likeness (QED) is 0.333. The summed E-state index contributed by atoms with van der Waals surface area (Å²) in [6.07, 6.45) is 1.21. The van der Waals surface area contributed by atoms with Crippen LogP contribution in [0.4, 0.5) is 5.69 Å². The molecule has 0 radical (unpaired) electrons. The lowest BCUT2D eigenvalue weighted by Gasteiger charge is -2.33. The van der Waals surface area contributed by atoms with Gasteiger partial charge in [0, 0.05) is 35.6 Å². The van der Waals surface area contributed by atoms with Gasteiger partial charge in [0.15, 0.2) is 0 Å². The van der Waals surface area contributed by atoms with Gasteiger partial charge in [0.1, 0.15) is 18.3 Å². The molecule has 3 aromatic carbocycles. The summed E-state index contributed by atoms with van der Waals surface area (Å²) in [7, 11) is -2.40. The number of halogens is 2. The first-order valence-electron chi connectivity index (χ1n) is 12.2. The van der Waals surface area contributed by atoms with Gasteiger partial charge in [0.2, 0.25) is 21.8 Å². The Balaban J connectivity index is 2.04. The van der Waals surface area contributed by atoms with E-state index in [-0.39, 0.29) is 18.7 Å². The summed E-state index contributed by atoms with van der Waals surface area (Å²) in [6.45, 7) is 1.64. The maximum atomic E-state index is 14.0. The van der Waals surface area contributed by atoms with Crippen LogP contribution in [-0.2, 0) is 32.6 Å². The van der Waals surface area contributed by atoms with E-state index in [4.69, 9.17) is 27.9 Å². The molecular formula is C28H31Cl2N3O5S. The first-order chi connectivity index (χ1) is 18.5. The summed E-state index contributed by atoms with van der Waals surface area (Å²) in [5.41, 5.74) is 1.55. The van der Waals surface area contributed by atoms with Crippen molar-refractivity contribution in [3.63, 3.8) is 0 Å². The van der Waals surface area contributed by atoms with Crippen LogP contribution < -0.4 is 14.4 Å². The van der Waals surface area contributed by atoms with Crippen LogP contribution in [0.5, 0.6) is 5.75 Å². The number of likely N-dealkylation sites (N-methyl/N-ethyl adjacent to an activating group) is 1. The number of rotatable bonds is 12. The second-order valence-corrected chi connectivity index (χ2v) is 11.5. The van der Waals surface area contributed by atoms with Crippen molar-refractivity contribution < 1.29 is 22.7 Å². The minimum Gasteiger partial charge on any atom is -0.494 e. The highest BCUT2D eigenvalue weighted by atomic mass is 35.5. The molecule has 11 heteroatoms. The second kappa shape index (κ2) is 13.7. The molecule has 0 aliphatic heterocycles. The number of sulfonamides is 1. The molecule has 1 atom stereocenters. The summed E-state index contributed by atoms with van der Waals surface area (Å²) in [6, 6.07) is 19.6. The van der Waals surface area contributed by atoms with Gasteiger partial charge in [-0.2, -0.15) is 0 Å². The molecule has 0 spiro atoms. The number of ether oxygens (including phenoxy) is 1. The van der Waals surface area contributed by atoms with Crippen LogP contribution in [-0.4, -0.2) is 57.6 Å². The maximum Gasteiger partial charge on any atom is 0.244 e. The van der Waals surface area contributed by atoms with Crippen molar-refractivity contribution in [1.29, 1.82) is 0 Å². The molecule has 3 aromatic rings. The van der Waals surface area contributed by atoms with Crippen molar-refractivity contribution in [3.8, 4) is 5.75 Å². The largest absolute Gasteiger partial charge is 0.494 e. The van der Waals surface area contributed by atoms with Gasteiger partial charge in [-0.15, -0.1) is 0 Å². The molecule has 0 aliphatic carbocycles. The average molecular weight is 593 g/mol. The summed E-state index contributed by atoms with van der Waals surface area (Å²) in [5.74, 6) is -0.448. The van der Waals surface area contributed by atoms with Crippen LogP contribution in [0.3, 0.4) is 0 Å². The van der Waals surface area contributed by atoms with Crippen LogP contribution in [0.1, 0.15) is 18.1 Å². The van der Waals surface area contributed by atoms with E-state index in [2.05, 4.69) is 5.32 Å². The zero-order valence-corrected chi connectivity index (χ0v) is 24.3. The molecule has 208 valence electrons. The highest BCUT2D eigenvalue weighted by molar-refractivity contribution is 7.92. The van der Waals surface area contributed by atoms with E-state index in [1.165, 1.54) is 11.9 Å². The maximum absolute atomic E-state index is 14.0. The third kappa shape index (κ3) is 8.11. The van der Waals surface area contributed by atoms with Gasteiger partial charge >= 0.3 is 0 Å². The number of anilines is 1. The fourth-order valence-corrected chi connectivity index (χ4v) is 5.43. The number of carbonyl (C=O) groups excluding carboxylic acids is 2. The Hall–Kier alpha value is -3.27. The summed E-state index contributed by atoms with van der Waals surface area (Å²) in [5, 5.41) is 3.27. The van der Waals surface area contributed by atoms with Gasteiger partial charge in [0.25, 0.3) is 0 Å². The van der Waals surface area contributed by atoms with Crippen LogP contribution in [0.2, 0.25) is 10.0 Å². The lowest BCUT2D eigenvalue weighted by molar-refractivity contribution is -0.139. The molecule has 0 saturated carbocycles. The standard InChI is InChI=1S/C28H31Cl2N3O5S/c1-4-38-22-15-13-21(14-16-22)33(39(3,36)37)19-27(34)32(18-23-24(29)11-8-12-25(23)30)26(28(35)31-2)17-20-9-6-5-7-10-20/h5-16,26H,4,17-19H2,1-3H3,(H,31,35). The summed E-state index contributed by atoms with van der Waals surface area (Å²) < 4.78 is 32.1. The van der Waals surface area contributed by atoms with E-state index >= 15 is 0 Å². The number of nitrogens with one attached hydrogen (secondary N) is 1. The fraction of sp³-hybridized carbons (Fsp3) is 0.286. The predicted octanol–water partition coefficient (Wildman–Crippen LogP) is 4.54. The Morgan fingerprint density at radius 2 is 1.56 bits per heavy atom. The van der Waals surface area contributed by atoms with E-state index in [9.17, 15) is 18.0 Å². The topological polar surface area (TPSA) is 96.0 Å². The monoisotopic (exact) mass is 591 g/mol. The number of amides is 2. The zero-order chi connectivity index (χ0) is 28.6. The van der Waals surface area contributed by atoms with Gasteiger partial charge < -0.3 is 15.0 Å². The third-order valence-corrected chi connectivity index (χ3v) is 7.87. The smallest absolute Gasteiger partial charge is 0.244 e. The molecule has 0 bridgehead atoms. The Kier molecular flexibility index (Phi) is 10.6. The molecule has 2 amide bonds. The van der Waals surface area contributed by atoms with E-state index in [1.807, 2.05) is 37.3 Å². The normalized spacial score (nSPS) is 11.9. The lowest BCUT2D eigenvalue weighted by Crippen LogP contribution is -2.53. The average Bonchev–Trinajstić information content (AvgIpc) is 2.91. The van der Waals surface area contributed by atoms with Gasteiger partial charge in [0.05, 0.1) is 18.6 Å². The van der Waals surface area contributed by atoms with Crippen LogP contribution in [0, 0.1) is 0 Å². The third-order valence-electron chi connectivity index (χ3n) is 6.02. The first kappa shape index (κ1) is 30.3. The number of benzene rings is 3. The van der Waals surface area contributed by atoms with Crippen molar-refractivity contribution in [2.45, 2.75) is 25.9 Å². The van der Waals surface area contributed by atoms with Crippen LogP contribution in [0.25, 0.3) is 0 Å². The van der Waals surface area contributed by atoms with Gasteiger partial charge in [-0.05, 0) is 48.9 Å². The molecule has 0 fully saturated rings. The van der Waals surface area contributed by atoms with E-state index < -0.39 is 34.4 Å². The molecule has 0 saturated heterocycles. The Labute approximate surface area is 239 Å². The van der Waals surface area contributed by atoms with Crippen molar-refractivity contribution in [3.05, 3.63) is 94.0 Å². The molecule has 0 aromatic heterocycles. The fourth-order valence-electron chi connectivity index (χ4n) is 4.06. The van der Waals surface area contributed by atoms with Crippen molar-refractivity contribution in [2.24, 2.45) is 0 Å². The highest BCUT2D eigenvalue weighted by Crippen LogP contribution is 2.28. The van der Waals surface area contributed by atoms with E-state index in [0.717, 1.165) is 16.1 Å². The Bertz CT molecular complexity index is 1370. The number of nitrogens with zero attached hydrogens (tertiary/aromatic N) is 2. The summed E-state index contributed by atoms with van der Waals surface area (Å²) in [4.78, 5) is 28.4. The molecule has 1 unspecified atom stereocenters. The Morgan fingerprint density at radius 3 is 2.10 bits per heavy atom. The Morgan fingerprint density at radius 1 is 0.949 bits per heavy atom. The minimum absolute atomic E-state index is 0.108. The van der Waals surface area contributed by atoms with Crippen LogP contribution in [0.15, 0.2) is 72.8 Å². The van der Waals surface area contributed by atoms with Crippen molar-refractivity contribution in [2.75, 3.05) is 30.8 Å². The molecular weight excluding hydrogens is 561 g/mol. The number of carbonyl (C=O) groups is 2. The van der Waals surface area contributed by atoms with Gasteiger partial charge in [-0.25, -0.2) is 8.42 Å².